The first kappa shape index (κ1) is 20.4. The highest BCUT2D eigenvalue weighted by Gasteiger charge is 2.21. The number of nitrogens with zero attached hydrogens (tertiary/aromatic N) is 1. The molecule has 2 aromatic carbocycles. The molecule has 0 saturated carbocycles. The van der Waals surface area contributed by atoms with Gasteiger partial charge in [-0.05, 0) is 37.6 Å². The van der Waals surface area contributed by atoms with Gasteiger partial charge in [0.2, 0.25) is 0 Å². The standard InChI is InChI=1S/C24H28N2O4/c1-17(15-26-10-12-28-13-11-26)25-24(27)23-18(2)30-22-9-8-20(14-21(22)23)29-16-19-6-4-3-5-7-19/h3-9,14,17H,10-13,15-16H2,1-2H3,(H,25,27). The zero-order valence-corrected chi connectivity index (χ0v) is 17.5. The molecule has 6 heteroatoms. The minimum Gasteiger partial charge on any atom is -0.489 e. The number of nitrogens with one attached hydrogen (secondary N) is 1. The molecule has 158 valence electrons. The lowest BCUT2D eigenvalue weighted by atomic mass is 10.1. The van der Waals surface area contributed by atoms with Crippen LogP contribution in [0.3, 0.4) is 0 Å². The van der Waals surface area contributed by atoms with Gasteiger partial charge in [-0.15, -0.1) is 0 Å². The lowest BCUT2D eigenvalue weighted by molar-refractivity contribution is 0.0342. The van der Waals surface area contributed by atoms with Crippen molar-refractivity contribution in [1.29, 1.82) is 0 Å². The van der Waals surface area contributed by atoms with E-state index < -0.39 is 0 Å². The summed E-state index contributed by atoms with van der Waals surface area (Å²) in [6.07, 6.45) is 0. The molecular formula is C24H28N2O4. The van der Waals surface area contributed by atoms with Gasteiger partial charge in [-0.2, -0.15) is 0 Å². The van der Waals surface area contributed by atoms with Crippen molar-refractivity contribution in [2.45, 2.75) is 26.5 Å². The molecule has 0 aliphatic carbocycles. The summed E-state index contributed by atoms with van der Waals surface area (Å²) < 4.78 is 17.2. The van der Waals surface area contributed by atoms with Gasteiger partial charge in [-0.25, -0.2) is 0 Å². The highest BCUT2D eigenvalue weighted by molar-refractivity contribution is 6.07. The minimum atomic E-state index is -0.118. The first-order valence-electron chi connectivity index (χ1n) is 10.4. The number of fused-ring (bicyclic) bond motifs is 1. The van der Waals surface area contributed by atoms with Crippen LogP contribution in [0.1, 0.15) is 28.6 Å². The predicted octanol–water partition coefficient (Wildman–Crippen LogP) is 3.77. The molecule has 2 heterocycles. The summed E-state index contributed by atoms with van der Waals surface area (Å²) in [7, 11) is 0. The van der Waals surface area contributed by atoms with Crippen LogP contribution in [0.4, 0.5) is 0 Å². The molecule has 3 aromatic rings. The smallest absolute Gasteiger partial charge is 0.255 e. The second kappa shape index (κ2) is 9.32. The number of ether oxygens (including phenoxy) is 2. The lowest BCUT2D eigenvalue weighted by Crippen LogP contribution is -2.46. The van der Waals surface area contributed by atoms with Crippen LogP contribution in [0.5, 0.6) is 5.75 Å². The van der Waals surface area contributed by atoms with E-state index in [1.807, 2.05) is 62.4 Å². The fourth-order valence-electron chi connectivity index (χ4n) is 3.82. The number of carbonyl (C=O) groups is 1. The van der Waals surface area contributed by atoms with E-state index in [-0.39, 0.29) is 11.9 Å². The Hall–Kier alpha value is -2.83. The van der Waals surface area contributed by atoms with E-state index >= 15 is 0 Å². The van der Waals surface area contributed by atoms with E-state index in [0.717, 1.165) is 43.8 Å². The summed E-state index contributed by atoms with van der Waals surface area (Å²) in [5, 5.41) is 3.89. The van der Waals surface area contributed by atoms with Crippen LogP contribution in [0, 0.1) is 6.92 Å². The number of carbonyl (C=O) groups excluding carboxylic acids is 1. The number of hydrogen-bond donors (Lipinski definition) is 1. The maximum Gasteiger partial charge on any atom is 0.255 e. The number of rotatable bonds is 7. The third-order valence-electron chi connectivity index (χ3n) is 5.32. The van der Waals surface area contributed by atoms with Gasteiger partial charge in [-0.3, -0.25) is 9.69 Å². The van der Waals surface area contributed by atoms with Crippen molar-refractivity contribution >= 4 is 16.9 Å². The van der Waals surface area contributed by atoms with Gasteiger partial charge in [0.15, 0.2) is 0 Å². The van der Waals surface area contributed by atoms with Gasteiger partial charge in [0.1, 0.15) is 23.7 Å². The molecule has 1 saturated heterocycles. The largest absolute Gasteiger partial charge is 0.489 e. The van der Waals surface area contributed by atoms with Gasteiger partial charge in [-0.1, -0.05) is 30.3 Å². The molecule has 1 amide bonds. The summed E-state index contributed by atoms with van der Waals surface area (Å²) in [5.41, 5.74) is 2.35. The van der Waals surface area contributed by atoms with E-state index in [0.29, 0.717) is 29.3 Å². The van der Waals surface area contributed by atoms with Gasteiger partial charge in [0, 0.05) is 31.1 Å². The summed E-state index contributed by atoms with van der Waals surface area (Å²) in [6, 6.07) is 15.6. The first-order chi connectivity index (χ1) is 14.6. The number of furan rings is 1. The highest BCUT2D eigenvalue weighted by Crippen LogP contribution is 2.29. The van der Waals surface area contributed by atoms with Gasteiger partial charge in [0.25, 0.3) is 5.91 Å². The Labute approximate surface area is 176 Å². The van der Waals surface area contributed by atoms with E-state index in [9.17, 15) is 4.79 Å². The Bertz CT molecular complexity index is 993. The maximum atomic E-state index is 13.0. The Balaban J connectivity index is 1.46. The molecule has 4 rings (SSSR count). The van der Waals surface area contributed by atoms with Crippen LogP contribution in [0.2, 0.25) is 0 Å². The van der Waals surface area contributed by atoms with Crippen LogP contribution in [-0.2, 0) is 11.3 Å². The van der Waals surface area contributed by atoms with Crippen molar-refractivity contribution < 1.29 is 18.7 Å². The predicted molar refractivity (Wildman–Crippen MR) is 116 cm³/mol. The average molecular weight is 408 g/mol. The second-order valence-corrected chi connectivity index (χ2v) is 7.75. The van der Waals surface area contributed by atoms with Crippen molar-refractivity contribution in [2.75, 3.05) is 32.8 Å². The summed E-state index contributed by atoms with van der Waals surface area (Å²) in [5.74, 6) is 1.20. The summed E-state index contributed by atoms with van der Waals surface area (Å²) in [6.45, 7) is 8.42. The van der Waals surface area contributed by atoms with Crippen LogP contribution in [0.25, 0.3) is 11.0 Å². The zero-order chi connectivity index (χ0) is 20.9. The van der Waals surface area contributed by atoms with E-state index in [1.165, 1.54) is 0 Å². The number of hydrogen-bond acceptors (Lipinski definition) is 5. The summed E-state index contributed by atoms with van der Waals surface area (Å²) in [4.78, 5) is 15.3. The normalized spacial score (nSPS) is 15.8. The van der Waals surface area contributed by atoms with E-state index in [4.69, 9.17) is 13.9 Å². The zero-order valence-electron chi connectivity index (χ0n) is 17.5. The van der Waals surface area contributed by atoms with Gasteiger partial charge < -0.3 is 19.2 Å². The van der Waals surface area contributed by atoms with E-state index in [2.05, 4.69) is 10.2 Å². The molecule has 1 aromatic heterocycles. The molecular weight excluding hydrogens is 380 g/mol. The van der Waals surface area contributed by atoms with Crippen molar-refractivity contribution in [3.05, 3.63) is 65.4 Å². The van der Waals surface area contributed by atoms with Crippen LogP contribution < -0.4 is 10.1 Å². The Kier molecular flexibility index (Phi) is 6.35. The van der Waals surface area contributed by atoms with Crippen molar-refractivity contribution in [3.8, 4) is 5.75 Å². The van der Waals surface area contributed by atoms with Crippen molar-refractivity contribution in [1.82, 2.24) is 10.2 Å². The summed E-state index contributed by atoms with van der Waals surface area (Å²) >= 11 is 0. The fourth-order valence-corrected chi connectivity index (χ4v) is 3.82. The molecule has 1 fully saturated rings. The number of amides is 1. The Morgan fingerprint density at radius 3 is 2.70 bits per heavy atom. The monoisotopic (exact) mass is 408 g/mol. The molecule has 30 heavy (non-hydrogen) atoms. The van der Waals surface area contributed by atoms with Crippen molar-refractivity contribution in [2.24, 2.45) is 0 Å². The molecule has 1 aliphatic rings. The number of morpholine rings is 1. The van der Waals surface area contributed by atoms with Crippen LogP contribution >= 0.6 is 0 Å². The van der Waals surface area contributed by atoms with E-state index in [1.54, 1.807) is 0 Å². The molecule has 0 radical (unpaired) electrons. The lowest BCUT2D eigenvalue weighted by Gasteiger charge is -2.29. The maximum absolute atomic E-state index is 13.0. The highest BCUT2D eigenvalue weighted by atomic mass is 16.5. The molecule has 6 nitrogen and oxygen atoms in total. The number of benzene rings is 2. The van der Waals surface area contributed by atoms with Gasteiger partial charge >= 0.3 is 0 Å². The fraction of sp³-hybridized carbons (Fsp3) is 0.375. The third kappa shape index (κ3) is 4.83. The van der Waals surface area contributed by atoms with Crippen LogP contribution in [-0.4, -0.2) is 49.7 Å². The third-order valence-corrected chi connectivity index (χ3v) is 5.32. The van der Waals surface area contributed by atoms with Crippen LogP contribution in [0.15, 0.2) is 52.9 Å². The molecule has 1 atom stereocenters. The topological polar surface area (TPSA) is 63.9 Å². The number of aryl methyl sites for hydroxylation is 1. The first-order valence-corrected chi connectivity index (χ1v) is 10.4. The minimum absolute atomic E-state index is 0.0254. The molecule has 0 bridgehead atoms. The molecule has 1 unspecified atom stereocenters. The quantitative estimate of drug-likeness (QED) is 0.645. The average Bonchev–Trinajstić information content (AvgIpc) is 3.08. The van der Waals surface area contributed by atoms with Crippen molar-refractivity contribution in [3.63, 3.8) is 0 Å². The molecule has 1 N–H and O–H groups in total. The Morgan fingerprint density at radius 1 is 1.17 bits per heavy atom. The molecule has 0 spiro atoms. The second-order valence-electron chi connectivity index (χ2n) is 7.75. The Morgan fingerprint density at radius 2 is 1.93 bits per heavy atom. The SMILES string of the molecule is Cc1oc2ccc(OCc3ccccc3)cc2c1C(=O)NC(C)CN1CCOCC1. The molecule has 1 aliphatic heterocycles. The van der Waals surface area contributed by atoms with Gasteiger partial charge in [0.05, 0.1) is 18.8 Å².